The van der Waals surface area contributed by atoms with Crippen molar-refractivity contribution in [3.8, 4) is 0 Å². The molecule has 0 aromatic heterocycles. The Morgan fingerprint density at radius 2 is 2.27 bits per heavy atom. The minimum Gasteiger partial charge on any atom is -0.350 e. The van der Waals surface area contributed by atoms with E-state index in [9.17, 15) is 0 Å². The molecule has 0 bridgehead atoms. The van der Waals surface area contributed by atoms with Crippen LogP contribution in [-0.4, -0.2) is 11.8 Å². The molecule has 11 heavy (non-hydrogen) atoms. The van der Waals surface area contributed by atoms with Gasteiger partial charge >= 0.3 is 0 Å². The Hall–Kier alpha value is -0.0800. The van der Waals surface area contributed by atoms with E-state index in [1.165, 1.54) is 12.8 Å². The molecule has 0 aromatic carbocycles. The monoisotopic (exact) mass is 155 g/mol. The SMILES string of the molecule is CC(C)[C@@H]1CC[C@]2(N)OC2C1. The van der Waals surface area contributed by atoms with E-state index in [1.807, 2.05) is 0 Å². The maximum atomic E-state index is 5.89. The van der Waals surface area contributed by atoms with Gasteiger partial charge in [0, 0.05) is 0 Å². The van der Waals surface area contributed by atoms with Crippen LogP contribution in [0.3, 0.4) is 0 Å². The average molecular weight is 155 g/mol. The maximum absolute atomic E-state index is 5.89. The highest BCUT2D eigenvalue weighted by Gasteiger charge is 2.56. The predicted octanol–water partition coefficient (Wildman–Crippen LogP) is 1.50. The quantitative estimate of drug-likeness (QED) is 0.583. The molecular weight excluding hydrogens is 138 g/mol. The maximum Gasteiger partial charge on any atom is 0.143 e. The lowest BCUT2D eigenvalue weighted by molar-refractivity contribution is 0.267. The molecule has 2 heteroatoms. The van der Waals surface area contributed by atoms with Crippen LogP contribution in [0.2, 0.25) is 0 Å². The minimum absolute atomic E-state index is 0.189. The standard InChI is InChI=1S/C9H17NO/c1-6(2)7-3-4-9(10)8(5-7)11-9/h6-8H,3-5,10H2,1-2H3/t7-,8?,9+/m1/s1. The van der Waals surface area contributed by atoms with Crippen molar-refractivity contribution in [2.24, 2.45) is 17.6 Å². The summed E-state index contributed by atoms with van der Waals surface area (Å²) in [4.78, 5) is 0. The molecule has 2 rings (SSSR count). The Kier molecular flexibility index (Phi) is 1.52. The third-order valence-electron chi connectivity index (χ3n) is 3.21. The molecule has 2 aliphatic rings. The summed E-state index contributed by atoms with van der Waals surface area (Å²) in [6.45, 7) is 4.58. The summed E-state index contributed by atoms with van der Waals surface area (Å²) < 4.78 is 5.42. The predicted molar refractivity (Wildman–Crippen MR) is 44.0 cm³/mol. The van der Waals surface area contributed by atoms with Gasteiger partial charge in [-0.05, 0) is 31.1 Å². The average Bonchev–Trinajstić information content (AvgIpc) is 2.58. The van der Waals surface area contributed by atoms with E-state index in [0.29, 0.717) is 6.10 Å². The molecule has 1 aliphatic carbocycles. The molecule has 1 saturated carbocycles. The molecule has 1 aliphatic heterocycles. The Labute approximate surface area is 68.1 Å². The van der Waals surface area contributed by atoms with Crippen molar-refractivity contribution in [3.05, 3.63) is 0 Å². The van der Waals surface area contributed by atoms with Gasteiger partial charge in [0.2, 0.25) is 0 Å². The lowest BCUT2D eigenvalue weighted by Crippen LogP contribution is -2.33. The Balaban J connectivity index is 1.93. The topological polar surface area (TPSA) is 38.5 Å². The molecule has 0 radical (unpaired) electrons. The second kappa shape index (κ2) is 2.20. The molecule has 2 fully saturated rings. The molecule has 64 valence electrons. The van der Waals surface area contributed by atoms with E-state index in [0.717, 1.165) is 18.3 Å². The van der Waals surface area contributed by atoms with Crippen molar-refractivity contribution in [2.45, 2.75) is 44.9 Å². The molecule has 1 heterocycles. The molecule has 2 nitrogen and oxygen atoms in total. The third kappa shape index (κ3) is 1.18. The first-order valence-electron chi connectivity index (χ1n) is 4.58. The van der Waals surface area contributed by atoms with Gasteiger partial charge in [-0.3, -0.25) is 0 Å². The first-order chi connectivity index (χ1) is 5.12. The second-order valence-electron chi connectivity index (χ2n) is 4.34. The van der Waals surface area contributed by atoms with Crippen molar-refractivity contribution < 1.29 is 4.74 Å². The third-order valence-corrected chi connectivity index (χ3v) is 3.21. The number of fused-ring (bicyclic) bond motifs is 1. The summed E-state index contributed by atoms with van der Waals surface area (Å²) in [6.07, 6.45) is 3.91. The normalized spacial score (nSPS) is 49.1. The number of ether oxygens (including phenoxy) is 1. The van der Waals surface area contributed by atoms with Crippen molar-refractivity contribution in [2.75, 3.05) is 0 Å². The number of nitrogens with two attached hydrogens (primary N) is 1. The van der Waals surface area contributed by atoms with Crippen LogP contribution in [0.5, 0.6) is 0 Å². The van der Waals surface area contributed by atoms with Gasteiger partial charge in [-0.15, -0.1) is 0 Å². The van der Waals surface area contributed by atoms with Gasteiger partial charge in [0.1, 0.15) is 11.8 Å². The van der Waals surface area contributed by atoms with Crippen molar-refractivity contribution in [1.82, 2.24) is 0 Å². The number of hydrogen-bond donors (Lipinski definition) is 1. The molecule has 2 N–H and O–H groups in total. The summed E-state index contributed by atoms with van der Waals surface area (Å²) in [6, 6.07) is 0. The van der Waals surface area contributed by atoms with Crippen LogP contribution < -0.4 is 5.73 Å². The molecule has 0 aromatic rings. The molecule has 1 saturated heterocycles. The van der Waals surface area contributed by atoms with Gasteiger partial charge in [-0.1, -0.05) is 13.8 Å². The largest absolute Gasteiger partial charge is 0.350 e. The van der Waals surface area contributed by atoms with Crippen molar-refractivity contribution in [3.63, 3.8) is 0 Å². The van der Waals surface area contributed by atoms with Crippen molar-refractivity contribution in [1.29, 1.82) is 0 Å². The Morgan fingerprint density at radius 3 is 2.82 bits per heavy atom. The van der Waals surface area contributed by atoms with E-state index in [-0.39, 0.29) is 5.72 Å². The first-order valence-corrected chi connectivity index (χ1v) is 4.58. The zero-order valence-electron chi connectivity index (χ0n) is 7.34. The van der Waals surface area contributed by atoms with E-state index in [1.54, 1.807) is 0 Å². The molecule has 3 atom stereocenters. The van der Waals surface area contributed by atoms with Crippen LogP contribution in [0.25, 0.3) is 0 Å². The number of epoxide rings is 1. The van der Waals surface area contributed by atoms with E-state index < -0.39 is 0 Å². The fraction of sp³-hybridized carbons (Fsp3) is 1.00. The van der Waals surface area contributed by atoms with Gasteiger partial charge in [-0.25, -0.2) is 0 Å². The van der Waals surface area contributed by atoms with Gasteiger partial charge < -0.3 is 10.5 Å². The van der Waals surface area contributed by atoms with E-state index >= 15 is 0 Å². The van der Waals surface area contributed by atoms with Crippen LogP contribution in [0, 0.1) is 11.8 Å². The van der Waals surface area contributed by atoms with Crippen LogP contribution in [0.4, 0.5) is 0 Å². The van der Waals surface area contributed by atoms with E-state index in [4.69, 9.17) is 10.5 Å². The summed E-state index contributed by atoms with van der Waals surface area (Å²) in [5.41, 5.74) is 5.70. The summed E-state index contributed by atoms with van der Waals surface area (Å²) in [7, 11) is 0. The Bertz CT molecular complexity index is 169. The molecule has 0 spiro atoms. The van der Waals surface area contributed by atoms with Crippen LogP contribution in [0.1, 0.15) is 33.1 Å². The fourth-order valence-electron chi connectivity index (χ4n) is 2.11. The lowest BCUT2D eigenvalue weighted by atomic mass is 9.80. The smallest absolute Gasteiger partial charge is 0.143 e. The van der Waals surface area contributed by atoms with Gasteiger partial charge in [0.05, 0.1) is 0 Å². The molecule has 0 amide bonds. The zero-order valence-corrected chi connectivity index (χ0v) is 7.34. The molecule has 1 unspecified atom stereocenters. The minimum atomic E-state index is -0.189. The second-order valence-corrected chi connectivity index (χ2v) is 4.34. The highest BCUT2D eigenvalue weighted by molar-refractivity contribution is 5.02. The summed E-state index contributed by atoms with van der Waals surface area (Å²) >= 11 is 0. The van der Waals surface area contributed by atoms with Gasteiger partial charge in [0.15, 0.2) is 0 Å². The zero-order chi connectivity index (χ0) is 8.06. The summed E-state index contributed by atoms with van der Waals surface area (Å²) in [5.74, 6) is 1.64. The van der Waals surface area contributed by atoms with Crippen LogP contribution in [-0.2, 0) is 4.74 Å². The van der Waals surface area contributed by atoms with Crippen LogP contribution in [0.15, 0.2) is 0 Å². The fourth-order valence-corrected chi connectivity index (χ4v) is 2.11. The van der Waals surface area contributed by atoms with Crippen LogP contribution >= 0.6 is 0 Å². The first kappa shape index (κ1) is 7.56. The number of rotatable bonds is 1. The van der Waals surface area contributed by atoms with Crippen molar-refractivity contribution >= 4 is 0 Å². The molecular formula is C9H17NO. The number of hydrogen-bond acceptors (Lipinski definition) is 2. The van der Waals surface area contributed by atoms with E-state index in [2.05, 4.69) is 13.8 Å². The lowest BCUT2D eigenvalue weighted by Gasteiger charge is -2.25. The van der Waals surface area contributed by atoms with Gasteiger partial charge in [-0.2, -0.15) is 0 Å². The van der Waals surface area contributed by atoms with Gasteiger partial charge in [0.25, 0.3) is 0 Å². The summed E-state index contributed by atoms with van der Waals surface area (Å²) in [5, 5.41) is 0. The Morgan fingerprint density at radius 1 is 1.55 bits per heavy atom. The highest BCUT2D eigenvalue weighted by Crippen LogP contribution is 2.47. The highest BCUT2D eigenvalue weighted by atomic mass is 16.6.